The summed E-state index contributed by atoms with van der Waals surface area (Å²) < 4.78 is 33.6. The number of hydrogen-bond donors (Lipinski definition) is 0. The van der Waals surface area contributed by atoms with Gasteiger partial charge in [0.15, 0.2) is 11.6 Å². The highest BCUT2D eigenvalue weighted by atomic mass is 19.1. The van der Waals surface area contributed by atoms with E-state index in [9.17, 15) is 13.6 Å². The Morgan fingerprint density at radius 2 is 1.72 bits per heavy atom. The van der Waals surface area contributed by atoms with Crippen LogP contribution in [0, 0.1) is 11.6 Å². The summed E-state index contributed by atoms with van der Waals surface area (Å²) in [4.78, 5) is 30.0. The molecule has 0 N–H and O–H groups in total. The number of methoxy groups -OCH3 is 1. The topological polar surface area (TPSA) is 89.3 Å². The molecule has 9 nitrogen and oxygen atoms in total. The third kappa shape index (κ3) is 4.99. The molecule has 3 aromatic heterocycles. The molecule has 1 aromatic carbocycles. The standard InChI is InChI=1S/C25H23F2N7O2/c1-36-20-8-9-28-22(14-20)32-10-12-33(13-11-32)23(35)16-34-25(17-2-4-18(26)5-3-17)30-24(31-34)21-7-6-19(27)15-29-21/h2-9,14-15H,10-13,16H2,1H3. The van der Waals surface area contributed by atoms with Crippen molar-refractivity contribution in [3.63, 3.8) is 0 Å². The highest BCUT2D eigenvalue weighted by Gasteiger charge is 2.24. The van der Waals surface area contributed by atoms with Gasteiger partial charge in [-0.05, 0) is 42.5 Å². The number of aromatic nitrogens is 5. The average molecular weight is 492 g/mol. The lowest BCUT2D eigenvalue weighted by molar-refractivity contribution is -0.132. The van der Waals surface area contributed by atoms with E-state index < -0.39 is 5.82 Å². The minimum Gasteiger partial charge on any atom is -0.497 e. The number of hydrogen-bond acceptors (Lipinski definition) is 7. The van der Waals surface area contributed by atoms with E-state index in [0.29, 0.717) is 43.3 Å². The van der Waals surface area contributed by atoms with Gasteiger partial charge in [0.25, 0.3) is 0 Å². The molecule has 1 aliphatic heterocycles. The van der Waals surface area contributed by atoms with Crippen LogP contribution in [-0.2, 0) is 11.3 Å². The molecule has 1 saturated heterocycles. The fourth-order valence-corrected chi connectivity index (χ4v) is 3.99. The Bertz CT molecular complexity index is 1350. The second-order valence-corrected chi connectivity index (χ2v) is 8.21. The summed E-state index contributed by atoms with van der Waals surface area (Å²) >= 11 is 0. The first-order chi connectivity index (χ1) is 17.5. The van der Waals surface area contributed by atoms with Gasteiger partial charge in [-0.1, -0.05) is 0 Å². The Morgan fingerprint density at radius 3 is 2.42 bits per heavy atom. The zero-order valence-electron chi connectivity index (χ0n) is 19.5. The molecule has 1 aliphatic rings. The highest BCUT2D eigenvalue weighted by Crippen LogP contribution is 2.23. The summed E-state index contributed by atoms with van der Waals surface area (Å²) in [5.41, 5.74) is 0.962. The van der Waals surface area contributed by atoms with E-state index in [1.165, 1.54) is 28.9 Å². The molecular formula is C25H23F2N7O2. The fraction of sp³-hybridized carbons (Fsp3) is 0.240. The van der Waals surface area contributed by atoms with Crippen molar-refractivity contribution in [3.8, 4) is 28.7 Å². The maximum Gasteiger partial charge on any atom is 0.244 e. The number of pyridine rings is 2. The molecule has 1 amide bonds. The second-order valence-electron chi connectivity index (χ2n) is 8.21. The lowest BCUT2D eigenvalue weighted by atomic mass is 10.2. The van der Waals surface area contributed by atoms with Gasteiger partial charge in [-0.15, -0.1) is 5.10 Å². The molecule has 5 rings (SSSR count). The number of ether oxygens (including phenoxy) is 1. The maximum absolute atomic E-state index is 13.5. The molecular weight excluding hydrogens is 468 g/mol. The Balaban J connectivity index is 1.34. The molecule has 184 valence electrons. The van der Waals surface area contributed by atoms with Crippen molar-refractivity contribution in [2.24, 2.45) is 0 Å². The van der Waals surface area contributed by atoms with Crippen LogP contribution in [0.2, 0.25) is 0 Å². The summed E-state index contributed by atoms with van der Waals surface area (Å²) in [6.45, 7) is 2.23. The van der Waals surface area contributed by atoms with E-state index in [4.69, 9.17) is 4.74 Å². The van der Waals surface area contributed by atoms with Crippen LogP contribution in [0.1, 0.15) is 0 Å². The smallest absolute Gasteiger partial charge is 0.244 e. The predicted molar refractivity (Wildman–Crippen MR) is 128 cm³/mol. The van der Waals surface area contributed by atoms with Gasteiger partial charge < -0.3 is 14.5 Å². The molecule has 0 spiro atoms. The number of carbonyl (C=O) groups excluding carboxylic acids is 1. The number of rotatable bonds is 6. The lowest BCUT2D eigenvalue weighted by Gasteiger charge is -2.35. The number of carbonyl (C=O) groups is 1. The molecule has 4 aromatic rings. The SMILES string of the molecule is COc1ccnc(N2CCN(C(=O)Cn3nc(-c4ccc(F)cn4)nc3-c3ccc(F)cc3)CC2)c1. The second kappa shape index (κ2) is 10.1. The number of anilines is 1. The van der Waals surface area contributed by atoms with Gasteiger partial charge >= 0.3 is 0 Å². The van der Waals surface area contributed by atoms with Crippen molar-refractivity contribution in [1.29, 1.82) is 0 Å². The highest BCUT2D eigenvalue weighted by molar-refractivity contribution is 5.77. The Hall–Kier alpha value is -4.41. The van der Waals surface area contributed by atoms with Crippen LogP contribution in [0.25, 0.3) is 22.9 Å². The minimum absolute atomic E-state index is 0.0572. The third-order valence-electron chi connectivity index (χ3n) is 5.92. The first-order valence-electron chi connectivity index (χ1n) is 11.4. The van der Waals surface area contributed by atoms with E-state index in [0.717, 1.165) is 17.8 Å². The van der Waals surface area contributed by atoms with Crippen molar-refractivity contribution < 1.29 is 18.3 Å². The zero-order chi connectivity index (χ0) is 25.1. The Kier molecular flexibility index (Phi) is 6.52. The normalized spacial score (nSPS) is 13.6. The average Bonchev–Trinajstić information content (AvgIpc) is 3.33. The summed E-state index contributed by atoms with van der Waals surface area (Å²) in [5.74, 6) is 1.18. The van der Waals surface area contributed by atoms with Crippen LogP contribution >= 0.6 is 0 Å². The summed E-state index contributed by atoms with van der Waals surface area (Å²) in [6, 6.07) is 12.2. The lowest BCUT2D eigenvalue weighted by Crippen LogP contribution is -2.50. The first-order valence-corrected chi connectivity index (χ1v) is 11.4. The number of nitrogens with zero attached hydrogens (tertiary/aromatic N) is 7. The van der Waals surface area contributed by atoms with Gasteiger partial charge in [-0.3, -0.25) is 4.79 Å². The Morgan fingerprint density at radius 1 is 0.972 bits per heavy atom. The van der Waals surface area contributed by atoms with Crippen LogP contribution in [0.15, 0.2) is 60.9 Å². The van der Waals surface area contributed by atoms with Gasteiger partial charge in [0.1, 0.15) is 35.4 Å². The van der Waals surface area contributed by atoms with Gasteiger partial charge in [-0.2, -0.15) is 0 Å². The van der Waals surface area contributed by atoms with E-state index >= 15 is 0 Å². The van der Waals surface area contributed by atoms with E-state index in [1.807, 2.05) is 6.07 Å². The van der Waals surface area contributed by atoms with Crippen molar-refractivity contribution in [2.75, 3.05) is 38.2 Å². The van der Waals surface area contributed by atoms with Crippen molar-refractivity contribution in [1.82, 2.24) is 29.6 Å². The first kappa shape index (κ1) is 23.3. The molecule has 0 unspecified atom stereocenters. The number of amides is 1. The number of piperazine rings is 1. The third-order valence-corrected chi connectivity index (χ3v) is 5.92. The summed E-state index contributed by atoms with van der Waals surface area (Å²) in [6.07, 6.45) is 2.77. The molecule has 0 radical (unpaired) electrons. The van der Waals surface area contributed by atoms with Gasteiger partial charge in [-0.25, -0.2) is 28.4 Å². The molecule has 0 atom stereocenters. The van der Waals surface area contributed by atoms with Gasteiger partial charge in [0.2, 0.25) is 5.91 Å². The van der Waals surface area contributed by atoms with Gasteiger partial charge in [0, 0.05) is 44.0 Å². The Labute approximate surface area is 206 Å². The number of halogens is 2. The van der Waals surface area contributed by atoms with Gasteiger partial charge in [0.05, 0.1) is 13.3 Å². The van der Waals surface area contributed by atoms with Crippen LogP contribution in [0.3, 0.4) is 0 Å². The van der Waals surface area contributed by atoms with E-state index in [1.54, 1.807) is 36.4 Å². The molecule has 0 saturated carbocycles. The summed E-state index contributed by atoms with van der Waals surface area (Å²) in [7, 11) is 1.61. The fourth-order valence-electron chi connectivity index (χ4n) is 3.99. The van der Waals surface area contributed by atoms with Crippen molar-refractivity contribution >= 4 is 11.7 Å². The van der Waals surface area contributed by atoms with Crippen molar-refractivity contribution in [2.45, 2.75) is 6.54 Å². The molecule has 4 heterocycles. The maximum atomic E-state index is 13.5. The quantitative estimate of drug-likeness (QED) is 0.410. The zero-order valence-corrected chi connectivity index (χ0v) is 19.5. The van der Waals surface area contributed by atoms with E-state index in [2.05, 4.69) is 25.0 Å². The molecule has 0 bridgehead atoms. The summed E-state index contributed by atoms with van der Waals surface area (Å²) in [5, 5.41) is 4.47. The van der Waals surface area contributed by atoms with E-state index in [-0.39, 0.29) is 24.1 Å². The minimum atomic E-state index is -0.476. The predicted octanol–water partition coefficient (Wildman–Crippen LogP) is 3.04. The van der Waals surface area contributed by atoms with Crippen LogP contribution in [0.4, 0.5) is 14.6 Å². The van der Waals surface area contributed by atoms with Crippen LogP contribution in [-0.4, -0.2) is 68.8 Å². The molecule has 36 heavy (non-hydrogen) atoms. The van der Waals surface area contributed by atoms with Crippen LogP contribution < -0.4 is 9.64 Å². The van der Waals surface area contributed by atoms with Crippen molar-refractivity contribution in [3.05, 3.63) is 72.6 Å². The molecule has 1 fully saturated rings. The number of benzene rings is 1. The molecule has 0 aliphatic carbocycles. The van der Waals surface area contributed by atoms with Crippen LogP contribution in [0.5, 0.6) is 5.75 Å². The largest absolute Gasteiger partial charge is 0.497 e. The monoisotopic (exact) mass is 491 g/mol. The molecule has 11 heteroatoms.